The van der Waals surface area contributed by atoms with Crippen molar-refractivity contribution < 1.29 is 9.53 Å². The minimum atomic E-state index is -0.281. The lowest BCUT2D eigenvalue weighted by molar-refractivity contribution is 0.0511. The molecule has 4 nitrogen and oxygen atoms in total. The summed E-state index contributed by atoms with van der Waals surface area (Å²) in [6, 6.07) is 0.226. The smallest absolute Gasteiger partial charge is 0.356 e. The molecule has 96 valence electrons. The van der Waals surface area contributed by atoms with Crippen LogP contribution in [0.5, 0.6) is 0 Å². The fraction of sp³-hybridized carbons (Fsp3) is 0.692. The molecule has 1 aromatic rings. The summed E-state index contributed by atoms with van der Waals surface area (Å²) in [5.41, 5.74) is 0.563. The molecule has 0 aliphatic heterocycles. The number of aromatic nitrogens is 2. The van der Waals surface area contributed by atoms with Gasteiger partial charge in [0.2, 0.25) is 0 Å². The molecule has 1 heterocycles. The van der Waals surface area contributed by atoms with Gasteiger partial charge in [-0.2, -0.15) is 0 Å². The molecule has 0 saturated heterocycles. The van der Waals surface area contributed by atoms with Gasteiger partial charge in [-0.05, 0) is 27.2 Å². The Bertz CT molecular complexity index is 369. The van der Waals surface area contributed by atoms with Gasteiger partial charge >= 0.3 is 5.97 Å². The Morgan fingerprint density at radius 1 is 1.47 bits per heavy atom. The van der Waals surface area contributed by atoms with Gasteiger partial charge in [0.25, 0.3) is 0 Å². The van der Waals surface area contributed by atoms with Gasteiger partial charge in [-0.25, -0.2) is 9.78 Å². The minimum absolute atomic E-state index is 0.226. The molecule has 0 amide bonds. The van der Waals surface area contributed by atoms with Gasteiger partial charge in [0.05, 0.1) is 12.8 Å². The fourth-order valence-corrected chi connectivity index (χ4v) is 1.85. The van der Waals surface area contributed by atoms with Crippen LogP contribution in [0.1, 0.15) is 62.9 Å². The molecule has 0 saturated carbocycles. The molecule has 17 heavy (non-hydrogen) atoms. The molecule has 0 fully saturated rings. The van der Waals surface area contributed by atoms with Crippen LogP contribution >= 0.6 is 0 Å². The fourth-order valence-electron chi connectivity index (χ4n) is 1.85. The van der Waals surface area contributed by atoms with E-state index in [9.17, 15) is 4.79 Å². The molecule has 4 heteroatoms. The Morgan fingerprint density at radius 3 is 2.71 bits per heavy atom. The van der Waals surface area contributed by atoms with Crippen molar-refractivity contribution in [1.82, 2.24) is 9.55 Å². The highest BCUT2D eigenvalue weighted by atomic mass is 16.5. The number of carbonyl (C=O) groups excluding carboxylic acids is 1. The molecule has 1 aromatic heterocycles. The summed E-state index contributed by atoms with van der Waals surface area (Å²) in [6.07, 6.45) is 4.75. The number of unbranched alkanes of at least 4 members (excludes halogenated alkanes) is 1. The summed E-state index contributed by atoms with van der Waals surface area (Å²) in [5.74, 6) is 0.696. The van der Waals surface area contributed by atoms with E-state index in [0.717, 1.165) is 25.1 Å². The Balaban J connectivity index is 2.97. The maximum atomic E-state index is 11.8. The molecular weight excluding hydrogens is 216 g/mol. The van der Waals surface area contributed by atoms with Crippen molar-refractivity contribution in [2.24, 2.45) is 0 Å². The first kappa shape index (κ1) is 13.7. The lowest BCUT2D eigenvalue weighted by Crippen LogP contribution is -2.16. The predicted molar refractivity (Wildman–Crippen MR) is 67.2 cm³/mol. The molecule has 0 atom stereocenters. The minimum Gasteiger partial charge on any atom is -0.461 e. The van der Waals surface area contributed by atoms with Crippen molar-refractivity contribution in [2.75, 3.05) is 6.61 Å². The highest BCUT2D eigenvalue weighted by Crippen LogP contribution is 2.16. The van der Waals surface area contributed by atoms with Crippen molar-refractivity contribution in [3.8, 4) is 0 Å². The Morgan fingerprint density at radius 2 is 2.18 bits per heavy atom. The number of carbonyl (C=O) groups is 1. The maximum absolute atomic E-state index is 11.8. The summed E-state index contributed by atoms with van der Waals surface area (Å²) in [6.45, 7) is 8.47. The first-order valence-corrected chi connectivity index (χ1v) is 6.35. The first-order valence-electron chi connectivity index (χ1n) is 6.35. The van der Waals surface area contributed by atoms with Crippen LogP contribution in [0.3, 0.4) is 0 Å². The standard InChI is InChI=1S/C13H22N2O2/c1-5-7-8-12-14-9-11(13(16)17-6-2)15(12)10(3)4/h9-10H,5-8H2,1-4H3. The van der Waals surface area contributed by atoms with Crippen molar-refractivity contribution in [3.05, 3.63) is 17.7 Å². The van der Waals surface area contributed by atoms with Crippen molar-refractivity contribution in [2.45, 2.75) is 53.0 Å². The number of hydrogen-bond acceptors (Lipinski definition) is 3. The summed E-state index contributed by atoms with van der Waals surface area (Å²) in [4.78, 5) is 16.1. The van der Waals surface area contributed by atoms with E-state index in [-0.39, 0.29) is 12.0 Å². The number of ether oxygens (including phenoxy) is 1. The van der Waals surface area contributed by atoms with Gasteiger partial charge in [0.15, 0.2) is 0 Å². The summed E-state index contributed by atoms with van der Waals surface area (Å²) in [5, 5.41) is 0. The van der Waals surface area contributed by atoms with Gasteiger partial charge < -0.3 is 9.30 Å². The van der Waals surface area contributed by atoms with Crippen LogP contribution in [0.2, 0.25) is 0 Å². The Kier molecular flexibility index (Phi) is 5.19. The van der Waals surface area contributed by atoms with Crippen molar-refractivity contribution in [1.29, 1.82) is 0 Å². The summed E-state index contributed by atoms with van der Waals surface area (Å²) >= 11 is 0. The molecular formula is C13H22N2O2. The largest absolute Gasteiger partial charge is 0.461 e. The lowest BCUT2D eigenvalue weighted by Gasteiger charge is -2.14. The van der Waals surface area contributed by atoms with Gasteiger partial charge in [-0.3, -0.25) is 0 Å². The molecule has 0 unspecified atom stereocenters. The zero-order valence-electron chi connectivity index (χ0n) is 11.2. The Hall–Kier alpha value is -1.32. The van der Waals surface area contributed by atoms with Crippen LogP contribution in [0.25, 0.3) is 0 Å². The van der Waals surface area contributed by atoms with Crippen molar-refractivity contribution in [3.63, 3.8) is 0 Å². The van der Waals surface area contributed by atoms with Gasteiger partial charge in [-0.15, -0.1) is 0 Å². The number of imidazole rings is 1. The van der Waals surface area contributed by atoms with Crippen LogP contribution in [0.4, 0.5) is 0 Å². The van der Waals surface area contributed by atoms with Crippen LogP contribution < -0.4 is 0 Å². The van der Waals surface area contributed by atoms with Crippen LogP contribution in [-0.2, 0) is 11.2 Å². The van der Waals surface area contributed by atoms with Gasteiger partial charge in [-0.1, -0.05) is 13.3 Å². The molecule has 0 aromatic carbocycles. The molecule has 0 bridgehead atoms. The van der Waals surface area contributed by atoms with Crippen LogP contribution in [0, 0.1) is 0 Å². The van der Waals surface area contributed by atoms with Gasteiger partial charge in [0, 0.05) is 12.5 Å². The average molecular weight is 238 g/mol. The van der Waals surface area contributed by atoms with E-state index in [2.05, 4.69) is 25.8 Å². The van der Waals surface area contributed by atoms with E-state index in [0.29, 0.717) is 12.3 Å². The number of nitrogens with zero attached hydrogens (tertiary/aromatic N) is 2. The second-order valence-electron chi connectivity index (χ2n) is 4.35. The highest BCUT2D eigenvalue weighted by molar-refractivity contribution is 5.87. The van der Waals surface area contributed by atoms with E-state index in [1.54, 1.807) is 6.20 Å². The lowest BCUT2D eigenvalue weighted by atomic mass is 10.2. The molecule has 0 N–H and O–H groups in total. The van der Waals surface area contributed by atoms with Gasteiger partial charge in [0.1, 0.15) is 11.5 Å². The van der Waals surface area contributed by atoms with E-state index in [1.165, 1.54) is 0 Å². The predicted octanol–water partition coefficient (Wildman–Crippen LogP) is 2.98. The summed E-state index contributed by atoms with van der Waals surface area (Å²) in [7, 11) is 0. The third kappa shape index (κ3) is 3.32. The molecule has 1 rings (SSSR count). The number of aryl methyl sites for hydroxylation is 1. The maximum Gasteiger partial charge on any atom is 0.356 e. The number of esters is 1. The van der Waals surface area contributed by atoms with E-state index >= 15 is 0 Å². The monoisotopic (exact) mass is 238 g/mol. The number of rotatable bonds is 6. The third-order valence-electron chi connectivity index (χ3n) is 2.63. The molecule has 0 aliphatic rings. The average Bonchev–Trinajstić information content (AvgIpc) is 2.70. The van der Waals surface area contributed by atoms with E-state index in [1.807, 2.05) is 11.5 Å². The molecule has 0 aliphatic carbocycles. The normalized spacial score (nSPS) is 10.9. The number of hydrogen-bond donors (Lipinski definition) is 0. The second kappa shape index (κ2) is 6.42. The first-order chi connectivity index (χ1) is 8.11. The van der Waals surface area contributed by atoms with E-state index < -0.39 is 0 Å². The van der Waals surface area contributed by atoms with E-state index in [4.69, 9.17) is 4.74 Å². The van der Waals surface area contributed by atoms with Crippen LogP contribution in [0.15, 0.2) is 6.20 Å². The van der Waals surface area contributed by atoms with Crippen molar-refractivity contribution >= 4 is 5.97 Å². The quantitative estimate of drug-likeness (QED) is 0.716. The molecule has 0 radical (unpaired) electrons. The zero-order chi connectivity index (χ0) is 12.8. The zero-order valence-corrected chi connectivity index (χ0v) is 11.2. The highest BCUT2D eigenvalue weighted by Gasteiger charge is 2.18. The second-order valence-corrected chi connectivity index (χ2v) is 4.35. The van der Waals surface area contributed by atoms with Crippen LogP contribution in [-0.4, -0.2) is 22.1 Å². The Labute approximate surface area is 103 Å². The topological polar surface area (TPSA) is 44.1 Å². The molecule has 0 spiro atoms. The summed E-state index contributed by atoms with van der Waals surface area (Å²) < 4.78 is 7.02. The third-order valence-corrected chi connectivity index (χ3v) is 2.63. The SMILES string of the molecule is CCCCc1ncc(C(=O)OCC)n1C(C)C.